The number of hydrogen-bond donors (Lipinski definition) is 3. The van der Waals surface area contributed by atoms with Crippen LogP contribution in [0.25, 0.3) is 0 Å². The maximum atomic E-state index is 12.4. The van der Waals surface area contributed by atoms with Crippen LogP contribution in [0.3, 0.4) is 0 Å². The minimum absolute atomic E-state index is 0.142. The number of rotatable bonds is 7. The van der Waals surface area contributed by atoms with E-state index in [1.807, 2.05) is 6.92 Å². The lowest BCUT2D eigenvalue weighted by atomic mass is 9.76. The van der Waals surface area contributed by atoms with Crippen LogP contribution in [0.1, 0.15) is 35.4 Å². The number of nitrogens with one attached hydrogen (secondary N) is 2. The Kier molecular flexibility index (Phi) is 5.23. The predicted molar refractivity (Wildman–Crippen MR) is 104 cm³/mol. The fourth-order valence-corrected chi connectivity index (χ4v) is 4.27. The summed E-state index contributed by atoms with van der Waals surface area (Å²) in [6.07, 6.45) is 4.89. The summed E-state index contributed by atoms with van der Waals surface area (Å²) in [7, 11) is 0. The molecule has 0 aliphatic heterocycles. The number of benzene rings is 1. The van der Waals surface area contributed by atoms with Crippen LogP contribution in [-0.2, 0) is 0 Å². The monoisotopic (exact) mass is 402 g/mol. The summed E-state index contributed by atoms with van der Waals surface area (Å²) in [5, 5.41) is 17.2. The lowest BCUT2D eigenvalue weighted by molar-refractivity contribution is 0.0626. The zero-order chi connectivity index (χ0) is 19.7. The smallest absolute Gasteiger partial charge is 0.271 e. The predicted octanol–water partition coefficient (Wildman–Crippen LogP) is 2.08. The Labute approximate surface area is 168 Å². The van der Waals surface area contributed by atoms with Gasteiger partial charge in [0.25, 0.3) is 5.91 Å². The van der Waals surface area contributed by atoms with Gasteiger partial charge in [0, 0.05) is 22.8 Å². The molecule has 3 saturated carbocycles. The number of hydrogen-bond acceptors (Lipinski definition) is 6. The number of aliphatic hydroxyl groups excluding tert-OH is 1. The Morgan fingerprint density at radius 1 is 1.29 bits per heavy atom. The van der Waals surface area contributed by atoms with Gasteiger partial charge in [0.1, 0.15) is 24.3 Å². The molecular formula is C20H23ClN4O3. The Morgan fingerprint density at radius 2 is 2.04 bits per heavy atom. The molecule has 3 aliphatic rings. The summed E-state index contributed by atoms with van der Waals surface area (Å²) in [6, 6.07) is 7.16. The fourth-order valence-electron chi connectivity index (χ4n) is 4.15. The average molecular weight is 403 g/mol. The summed E-state index contributed by atoms with van der Waals surface area (Å²) >= 11 is 5.85. The normalized spacial score (nSPS) is 26.4. The molecule has 1 heterocycles. The van der Waals surface area contributed by atoms with Crippen molar-refractivity contribution in [2.75, 3.05) is 6.61 Å². The summed E-state index contributed by atoms with van der Waals surface area (Å²) in [6.45, 7) is 1.97. The van der Waals surface area contributed by atoms with Crippen molar-refractivity contribution in [1.82, 2.24) is 20.6 Å². The van der Waals surface area contributed by atoms with Crippen molar-refractivity contribution < 1.29 is 14.6 Å². The van der Waals surface area contributed by atoms with E-state index in [1.165, 1.54) is 6.20 Å². The van der Waals surface area contributed by atoms with Gasteiger partial charge in [-0.2, -0.15) is 0 Å². The molecule has 148 valence electrons. The van der Waals surface area contributed by atoms with E-state index in [-0.39, 0.29) is 24.1 Å². The third kappa shape index (κ3) is 4.11. The first-order valence-corrected chi connectivity index (χ1v) is 9.74. The minimum atomic E-state index is -0.782. The number of halogens is 1. The van der Waals surface area contributed by atoms with Gasteiger partial charge in [-0.1, -0.05) is 11.6 Å². The van der Waals surface area contributed by atoms with Crippen molar-refractivity contribution in [3.63, 3.8) is 0 Å². The van der Waals surface area contributed by atoms with Gasteiger partial charge >= 0.3 is 0 Å². The molecule has 1 aromatic heterocycles. The van der Waals surface area contributed by atoms with Gasteiger partial charge in [-0.25, -0.2) is 4.98 Å². The van der Waals surface area contributed by atoms with Crippen LogP contribution in [-0.4, -0.2) is 45.4 Å². The highest BCUT2D eigenvalue weighted by atomic mass is 35.5. The molecule has 0 saturated heterocycles. The summed E-state index contributed by atoms with van der Waals surface area (Å²) < 4.78 is 5.58. The maximum absolute atomic E-state index is 12.4. The fraction of sp³-hybridized carbons (Fsp3) is 0.450. The van der Waals surface area contributed by atoms with Crippen molar-refractivity contribution in [2.45, 2.75) is 44.0 Å². The molecule has 3 fully saturated rings. The quantitative estimate of drug-likeness (QED) is 0.613. The summed E-state index contributed by atoms with van der Waals surface area (Å²) in [4.78, 5) is 20.7. The highest BCUT2D eigenvalue weighted by Gasteiger charge is 2.57. The third-order valence-electron chi connectivity index (χ3n) is 5.51. The van der Waals surface area contributed by atoms with E-state index in [4.69, 9.17) is 16.3 Å². The molecule has 2 bridgehead atoms. The van der Waals surface area contributed by atoms with Gasteiger partial charge in [-0.05, 0) is 56.4 Å². The lowest BCUT2D eigenvalue weighted by Crippen LogP contribution is -2.52. The molecule has 1 aromatic carbocycles. The molecule has 8 heteroatoms. The molecule has 1 amide bonds. The van der Waals surface area contributed by atoms with E-state index >= 15 is 0 Å². The number of nitrogens with zero attached hydrogens (tertiary/aromatic N) is 2. The van der Waals surface area contributed by atoms with E-state index in [0.29, 0.717) is 22.4 Å². The van der Waals surface area contributed by atoms with Gasteiger partial charge in [-0.15, -0.1) is 0 Å². The van der Waals surface area contributed by atoms with Crippen molar-refractivity contribution >= 4 is 17.5 Å². The Morgan fingerprint density at radius 3 is 2.71 bits per heavy atom. The van der Waals surface area contributed by atoms with Crippen LogP contribution in [0, 0.1) is 12.8 Å². The number of carbonyl (C=O) groups is 1. The Hall–Kier alpha value is -2.22. The number of aryl methyl sites for hydroxylation is 1. The van der Waals surface area contributed by atoms with Crippen LogP contribution < -0.4 is 15.4 Å². The zero-order valence-electron chi connectivity index (χ0n) is 15.6. The number of fused-ring (bicyclic) bond motifs is 1. The van der Waals surface area contributed by atoms with Gasteiger partial charge < -0.3 is 15.2 Å². The molecule has 28 heavy (non-hydrogen) atoms. The average Bonchev–Trinajstić information content (AvgIpc) is 3.15. The van der Waals surface area contributed by atoms with E-state index in [1.54, 1.807) is 30.5 Å². The minimum Gasteiger partial charge on any atom is -0.489 e. The van der Waals surface area contributed by atoms with E-state index in [2.05, 4.69) is 20.6 Å². The van der Waals surface area contributed by atoms with Crippen LogP contribution >= 0.6 is 11.6 Å². The van der Waals surface area contributed by atoms with E-state index < -0.39 is 6.23 Å². The molecule has 5 rings (SSSR count). The van der Waals surface area contributed by atoms with E-state index in [9.17, 15) is 9.90 Å². The van der Waals surface area contributed by atoms with Crippen molar-refractivity contribution in [3.8, 4) is 5.75 Å². The Balaban J connectivity index is 1.26. The van der Waals surface area contributed by atoms with Crippen LogP contribution in [0.15, 0.2) is 36.7 Å². The zero-order valence-corrected chi connectivity index (χ0v) is 16.3. The van der Waals surface area contributed by atoms with Gasteiger partial charge in [0.2, 0.25) is 0 Å². The van der Waals surface area contributed by atoms with Gasteiger partial charge in [0.15, 0.2) is 0 Å². The van der Waals surface area contributed by atoms with Crippen LogP contribution in [0.2, 0.25) is 5.02 Å². The molecular weight excluding hydrogens is 380 g/mol. The second-order valence-electron chi connectivity index (χ2n) is 7.70. The molecule has 0 spiro atoms. The first kappa shape index (κ1) is 19.1. The maximum Gasteiger partial charge on any atom is 0.271 e. The lowest BCUT2D eigenvalue weighted by Gasteiger charge is -2.39. The van der Waals surface area contributed by atoms with Crippen molar-refractivity contribution in [1.29, 1.82) is 0 Å². The second kappa shape index (κ2) is 7.66. The molecule has 7 nitrogen and oxygen atoms in total. The van der Waals surface area contributed by atoms with Crippen molar-refractivity contribution in [3.05, 3.63) is 53.1 Å². The molecule has 2 unspecified atom stereocenters. The van der Waals surface area contributed by atoms with Gasteiger partial charge in [0.05, 0.1) is 11.9 Å². The first-order valence-electron chi connectivity index (χ1n) is 9.36. The topological polar surface area (TPSA) is 96.4 Å². The van der Waals surface area contributed by atoms with Gasteiger partial charge in [-0.3, -0.25) is 15.1 Å². The summed E-state index contributed by atoms with van der Waals surface area (Å²) in [5.74, 6) is 0.900. The second-order valence-corrected chi connectivity index (χ2v) is 8.14. The molecule has 3 aliphatic carbocycles. The number of amides is 1. The highest BCUT2D eigenvalue weighted by molar-refractivity contribution is 6.30. The first-order chi connectivity index (χ1) is 13.4. The van der Waals surface area contributed by atoms with Crippen LogP contribution in [0.5, 0.6) is 5.75 Å². The number of ether oxygens (including phenoxy) is 1. The number of carbonyl (C=O) groups excluding carboxylic acids is 1. The SMILES string of the molecule is Cc1cnc(C(=O)NC23CC(C2)C(NC(O)COc2ccc(Cl)cc2)C3)cn1. The third-order valence-corrected chi connectivity index (χ3v) is 5.76. The number of aromatic nitrogens is 2. The Bertz CT molecular complexity index is 838. The number of aliphatic hydroxyl groups is 1. The van der Waals surface area contributed by atoms with E-state index in [0.717, 1.165) is 25.0 Å². The highest BCUT2D eigenvalue weighted by Crippen LogP contribution is 2.52. The molecule has 2 atom stereocenters. The molecule has 0 radical (unpaired) electrons. The molecule has 2 aromatic rings. The summed E-state index contributed by atoms with van der Waals surface area (Å²) in [5.41, 5.74) is 0.887. The standard InChI is InChI=1S/C20H23ClN4O3/c1-12-9-23-17(10-22-12)19(27)25-20-6-13(7-20)16(8-20)24-18(26)11-28-15-4-2-14(21)3-5-15/h2-5,9-10,13,16,18,24,26H,6-8,11H2,1H3,(H,25,27). The largest absolute Gasteiger partial charge is 0.489 e. The van der Waals surface area contributed by atoms with Crippen molar-refractivity contribution in [2.24, 2.45) is 5.92 Å². The molecule has 3 N–H and O–H groups in total. The van der Waals surface area contributed by atoms with Crippen LogP contribution in [0.4, 0.5) is 0 Å².